The highest BCUT2D eigenvalue weighted by Crippen LogP contribution is 2.16. The second-order valence-corrected chi connectivity index (χ2v) is 7.75. The van der Waals surface area contributed by atoms with Gasteiger partial charge in [-0.25, -0.2) is 0 Å². The molecule has 0 radical (unpaired) electrons. The van der Waals surface area contributed by atoms with E-state index in [0.717, 1.165) is 11.5 Å². The van der Waals surface area contributed by atoms with Gasteiger partial charge in [0.15, 0.2) is 0 Å². The second kappa shape index (κ2) is 6.67. The Hall–Kier alpha value is -0.950. The summed E-state index contributed by atoms with van der Waals surface area (Å²) in [7, 11) is -4.43. The molecule has 0 aliphatic rings. The largest absolute Gasteiger partial charge is 0.361 e. The molecule has 1 aromatic heterocycles. The number of hydrogen-bond acceptors (Lipinski definition) is 5. The van der Waals surface area contributed by atoms with Crippen molar-refractivity contribution in [1.29, 1.82) is 0 Å². The van der Waals surface area contributed by atoms with E-state index in [4.69, 9.17) is 4.52 Å². The van der Waals surface area contributed by atoms with Crippen molar-refractivity contribution in [2.24, 2.45) is 5.41 Å². The summed E-state index contributed by atoms with van der Waals surface area (Å²) in [6.45, 7) is 9.50. The fourth-order valence-electron chi connectivity index (χ4n) is 1.98. The molecule has 0 aliphatic heterocycles. The Morgan fingerprint density at radius 1 is 1.35 bits per heavy atom. The van der Waals surface area contributed by atoms with E-state index >= 15 is 0 Å². The maximum Gasteiger partial charge on any atom is 0.303 e. The highest BCUT2D eigenvalue weighted by atomic mass is 32.3. The van der Waals surface area contributed by atoms with E-state index in [0.29, 0.717) is 19.5 Å². The van der Waals surface area contributed by atoms with E-state index in [2.05, 4.69) is 25.9 Å². The molecule has 20 heavy (non-hydrogen) atoms. The summed E-state index contributed by atoms with van der Waals surface area (Å²) in [4.78, 5) is 1.94. The maximum atomic E-state index is 12.7. The third kappa shape index (κ3) is 7.59. The fourth-order valence-corrected chi connectivity index (χ4v) is 2.46. The van der Waals surface area contributed by atoms with Gasteiger partial charge in [0.05, 0.1) is 11.4 Å². The van der Waals surface area contributed by atoms with Gasteiger partial charge in [-0.05, 0) is 12.3 Å². The minimum Gasteiger partial charge on any atom is -0.361 e. The highest BCUT2D eigenvalue weighted by Gasteiger charge is 2.19. The lowest BCUT2D eigenvalue weighted by Crippen LogP contribution is -2.37. The molecular weight excluding hydrogens is 283 g/mol. The molecule has 1 heterocycles. The van der Waals surface area contributed by atoms with Crippen LogP contribution >= 0.6 is 0 Å². The Morgan fingerprint density at radius 2 is 2.00 bits per heavy atom. The standard InChI is InChI=1S/C13H23FN2O3S/c1-11-9-12(19-15-11)5-6-16(10-13(2,3)4)7-8-20(14,17)18/h9H,5-8,10H2,1-4H3. The summed E-state index contributed by atoms with van der Waals surface area (Å²) in [5.41, 5.74) is 0.825. The zero-order valence-electron chi connectivity index (χ0n) is 12.5. The van der Waals surface area contributed by atoms with Crippen LogP contribution in [0.2, 0.25) is 0 Å². The topological polar surface area (TPSA) is 63.4 Å². The van der Waals surface area contributed by atoms with E-state index in [9.17, 15) is 12.3 Å². The summed E-state index contributed by atoms with van der Waals surface area (Å²) < 4.78 is 39.1. The average molecular weight is 306 g/mol. The molecule has 1 aromatic rings. The van der Waals surface area contributed by atoms with Gasteiger partial charge in [0.1, 0.15) is 5.76 Å². The normalized spacial score (nSPS) is 13.1. The third-order valence-corrected chi connectivity index (χ3v) is 3.37. The first-order valence-electron chi connectivity index (χ1n) is 6.62. The Morgan fingerprint density at radius 3 is 2.45 bits per heavy atom. The van der Waals surface area contributed by atoms with Crippen LogP contribution in [-0.2, 0) is 16.6 Å². The molecule has 0 bridgehead atoms. The van der Waals surface area contributed by atoms with Crippen LogP contribution in [0.1, 0.15) is 32.2 Å². The van der Waals surface area contributed by atoms with Gasteiger partial charge in [0, 0.05) is 32.1 Å². The first-order chi connectivity index (χ1) is 9.05. The van der Waals surface area contributed by atoms with Gasteiger partial charge in [-0.2, -0.15) is 8.42 Å². The monoisotopic (exact) mass is 306 g/mol. The molecule has 5 nitrogen and oxygen atoms in total. The molecule has 1 rings (SSSR count). The molecule has 0 N–H and O–H groups in total. The maximum absolute atomic E-state index is 12.7. The van der Waals surface area contributed by atoms with Crippen LogP contribution in [0, 0.1) is 12.3 Å². The summed E-state index contributed by atoms with van der Waals surface area (Å²) in [6, 6.07) is 1.85. The molecule has 7 heteroatoms. The highest BCUT2D eigenvalue weighted by molar-refractivity contribution is 7.86. The van der Waals surface area contributed by atoms with Crippen molar-refractivity contribution in [3.63, 3.8) is 0 Å². The van der Waals surface area contributed by atoms with Crippen molar-refractivity contribution in [3.8, 4) is 0 Å². The van der Waals surface area contributed by atoms with Crippen molar-refractivity contribution < 1.29 is 16.8 Å². The molecule has 0 amide bonds. The van der Waals surface area contributed by atoms with E-state index in [1.54, 1.807) is 0 Å². The van der Waals surface area contributed by atoms with E-state index in [1.165, 1.54) is 0 Å². The van der Waals surface area contributed by atoms with Crippen LogP contribution in [0.5, 0.6) is 0 Å². The summed E-state index contributed by atoms with van der Waals surface area (Å²) in [6.07, 6.45) is 0.628. The zero-order valence-corrected chi connectivity index (χ0v) is 13.3. The number of nitrogens with zero attached hydrogens (tertiary/aromatic N) is 2. The lowest BCUT2D eigenvalue weighted by molar-refractivity contribution is 0.197. The van der Waals surface area contributed by atoms with Gasteiger partial charge >= 0.3 is 10.2 Å². The Bertz CT molecular complexity index is 520. The number of aromatic nitrogens is 1. The quantitative estimate of drug-likeness (QED) is 0.722. The minimum atomic E-state index is -4.43. The van der Waals surface area contributed by atoms with E-state index in [-0.39, 0.29) is 12.0 Å². The molecule has 0 saturated carbocycles. The summed E-state index contributed by atoms with van der Waals surface area (Å²) in [5, 5.41) is 3.80. The lowest BCUT2D eigenvalue weighted by atomic mass is 9.96. The molecule has 0 atom stereocenters. The first-order valence-corrected chi connectivity index (χ1v) is 8.17. The fraction of sp³-hybridized carbons (Fsp3) is 0.769. The summed E-state index contributed by atoms with van der Waals surface area (Å²) in [5.74, 6) is 0.280. The molecule has 0 fully saturated rings. The van der Waals surface area contributed by atoms with Crippen LogP contribution in [0.15, 0.2) is 10.6 Å². The zero-order chi connectivity index (χ0) is 15.4. The van der Waals surface area contributed by atoms with Crippen LogP contribution < -0.4 is 0 Å². The average Bonchev–Trinajstić information content (AvgIpc) is 2.65. The van der Waals surface area contributed by atoms with Crippen molar-refractivity contribution in [2.75, 3.05) is 25.4 Å². The van der Waals surface area contributed by atoms with Gasteiger partial charge in [0.2, 0.25) is 0 Å². The number of hydrogen-bond donors (Lipinski definition) is 0. The second-order valence-electron chi connectivity index (χ2n) is 6.26. The Labute approximate surface area is 120 Å². The van der Waals surface area contributed by atoms with Gasteiger partial charge in [-0.1, -0.05) is 25.9 Å². The SMILES string of the molecule is Cc1cc(CCN(CCS(=O)(=O)F)CC(C)(C)C)on1. The van der Waals surface area contributed by atoms with Crippen LogP contribution in [0.25, 0.3) is 0 Å². The number of rotatable bonds is 7. The predicted octanol–water partition coefficient (Wildman–Crippen LogP) is 2.17. The van der Waals surface area contributed by atoms with Gasteiger partial charge in [-0.3, -0.25) is 0 Å². The Balaban J connectivity index is 2.57. The molecule has 0 unspecified atom stereocenters. The number of aryl methyl sites for hydroxylation is 1. The number of halogens is 1. The molecule has 116 valence electrons. The lowest BCUT2D eigenvalue weighted by Gasteiger charge is -2.29. The molecular formula is C13H23FN2O3S. The van der Waals surface area contributed by atoms with Crippen molar-refractivity contribution in [2.45, 2.75) is 34.1 Å². The van der Waals surface area contributed by atoms with Crippen LogP contribution in [0.3, 0.4) is 0 Å². The van der Waals surface area contributed by atoms with Gasteiger partial charge in [-0.15, -0.1) is 3.89 Å². The Kier molecular flexibility index (Phi) is 5.70. The third-order valence-electron chi connectivity index (χ3n) is 2.70. The van der Waals surface area contributed by atoms with E-state index < -0.39 is 16.0 Å². The van der Waals surface area contributed by atoms with Gasteiger partial charge < -0.3 is 9.42 Å². The van der Waals surface area contributed by atoms with Crippen molar-refractivity contribution in [3.05, 3.63) is 17.5 Å². The molecule has 0 spiro atoms. The molecule has 0 saturated heterocycles. The summed E-state index contributed by atoms with van der Waals surface area (Å²) >= 11 is 0. The van der Waals surface area contributed by atoms with Crippen LogP contribution in [0.4, 0.5) is 3.89 Å². The smallest absolute Gasteiger partial charge is 0.303 e. The van der Waals surface area contributed by atoms with Gasteiger partial charge in [0.25, 0.3) is 0 Å². The minimum absolute atomic E-state index is 0.0113. The van der Waals surface area contributed by atoms with E-state index in [1.807, 2.05) is 17.9 Å². The van der Waals surface area contributed by atoms with Crippen molar-refractivity contribution in [1.82, 2.24) is 10.1 Å². The first kappa shape index (κ1) is 17.1. The predicted molar refractivity (Wildman–Crippen MR) is 75.7 cm³/mol. The van der Waals surface area contributed by atoms with Crippen molar-refractivity contribution >= 4 is 10.2 Å². The molecule has 0 aliphatic carbocycles. The van der Waals surface area contributed by atoms with Crippen LogP contribution in [-0.4, -0.2) is 43.9 Å². The molecule has 0 aromatic carbocycles.